The third kappa shape index (κ3) is 19.1. The fraction of sp³-hybridized carbons (Fsp3) is 0.372. The maximum Gasteiger partial charge on any atom is 0.408 e. The number of guanidine groups is 3. The molecule has 0 saturated carbocycles. The third-order valence-corrected chi connectivity index (χ3v) is 10.9. The number of rotatable bonds is 27. The van der Waals surface area contributed by atoms with Crippen molar-refractivity contribution in [3.05, 3.63) is 108 Å². The Kier molecular flexibility index (Phi) is 22.5. The molecule has 0 aliphatic carbocycles. The van der Waals surface area contributed by atoms with Gasteiger partial charge in [-0.3, -0.25) is 29.4 Å². The zero-order valence-electron chi connectivity index (χ0n) is 35.7. The van der Waals surface area contributed by atoms with E-state index in [1.807, 2.05) is 0 Å². The summed E-state index contributed by atoms with van der Waals surface area (Å²) in [5.41, 5.74) is 35.1. The number of nitrogens with two attached hydrogens (primary N) is 6. The first-order valence-corrected chi connectivity index (χ1v) is 21.6. The zero-order chi connectivity index (χ0) is 47.6. The number of ether oxygens (including phenoxy) is 3. The number of carbonyl (C=O) groups is 6. The Morgan fingerprint density at radius 3 is 0.938 bits per heavy atom. The van der Waals surface area contributed by atoms with Gasteiger partial charge in [0.1, 0.15) is 19.8 Å². The van der Waals surface area contributed by atoms with E-state index in [4.69, 9.17) is 48.6 Å². The van der Waals surface area contributed by atoms with Crippen LogP contribution < -0.4 is 50.4 Å². The molecule has 3 atom stereocenters. The molecule has 3 aromatic carbocycles. The minimum atomic E-state index is -2.76. The van der Waals surface area contributed by atoms with E-state index in [2.05, 4.69) is 30.9 Å². The molecule has 65 heavy (non-hydrogen) atoms. The lowest BCUT2D eigenvalue weighted by molar-refractivity contribution is -0.139. The van der Waals surface area contributed by atoms with Crippen LogP contribution in [-0.4, -0.2) is 94.7 Å². The molecule has 0 aromatic heterocycles. The number of alkyl carbamates (subject to hydrolysis) is 3. The number of nitrogens with zero attached hydrogens (tertiary/aromatic N) is 3. The summed E-state index contributed by atoms with van der Waals surface area (Å²) in [6.07, 6.45) is -3.57. The van der Waals surface area contributed by atoms with Crippen LogP contribution >= 0.6 is 22.6 Å². The van der Waals surface area contributed by atoms with E-state index in [1.165, 1.54) is 22.6 Å². The summed E-state index contributed by atoms with van der Waals surface area (Å²) in [5, 5.41) is 7.53. The molecule has 0 unspecified atom stereocenters. The van der Waals surface area contributed by atoms with Crippen molar-refractivity contribution >= 4 is 76.1 Å². The Bertz CT molecular complexity index is 1870. The minimum Gasteiger partial charge on any atom is -0.445 e. The number of benzene rings is 3. The van der Waals surface area contributed by atoms with Gasteiger partial charge in [0.15, 0.2) is 35.2 Å². The fourth-order valence-electron chi connectivity index (χ4n) is 6.12. The van der Waals surface area contributed by atoms with E-state index in [0.29, 0.717) is 16.7 Å². The highest BCUT2D eigenvalue weighted by Crippen LogP contribution is 2.31. The zero-order valence-corrected chi connectivity index (χ0v) is 37.9. The molecule has 22 heteroatoms. The number of aliphatic imine (C=N–C) groups is 3. The van der Waals surface area contributed by atoms with Crippen LogP contribution in [0.2, 0.25) is 0 Å². The van der Waals surface area contributed by atoms with Gasteiger partial charge in [-0.1, -0.05) is 114 Å². The van der Waals surface area contributed by atoms with Gasteiger partial charge in [0.25, 0.3) is 0 Å². The molecule has 21 nitrogen and oxygen atoms in total. The molecule has 0 aliphatic rings. The van der Waals surface area contributed by atoms with Gasteiger partial charge in [-0.2, -0.15) is 0 Å². The van der Waals surface area contributed by atoms with Crippen molar-refractivity contribution in [2.75, 3.05) is 19.6 Å². The number of hydrogen-bond donors (Lipinski definition) is 9. The molecule has 0 bridgehead atoms. The first-order valence-electron chi connectivity index (χ1n) is 20.5. The predicted molar refractivity (Wildman–Crippen MR) is 252 cm³/mol. The van der Waals surface area contributed by atoms with Gasteiger partial charge in [0.05, 0.1) is 18.1 Å². The number of carbonyl (C=O) groups excluding carboxylic acids is 6. The van der Waals surface area contributed by atoms with E-state index in [-0.39, 0.29) is 95.9 Å². The molecule has 3 aromatic rings. The van der Waals surface area contributed by atoms with Gasteiger partial charge < -0.3 is 64.6 Å². The van der Waals surface area contributed by atoms with Crippen LogP contribution in [0.4, 0.5) is 14.4 Å². The largest absolute Gasteiger partial charge is 0.445 e. The van der Waals surface area contributed by atoms with Crippen LogP contribution in [0.15, 0.2) is 106 Å². The highest BCUT2D eigenvalue weighted by Gasteiger charge is 2.56. The van der Waals surface area contributed by atoms with Crippen molar-refractivity contribution in [2.45, 2.75) is 79.9 Å². The van der Waals surface area contributed by atoms with Crippen molar-refractivity contribution in [1.29, 1.82) is 0 Å². The molecule has 350 valence electrons. The van der Waals surface area contributed by atoms with E-state index >= 15 is 14.4 Å². The third-order valence-electron chi connectivity index (χ3n) is 9.32. The smallest absolute Gasteiger partial charge is 0.408 e. The summed E-state index contributed by atoms with van der Waals surface area (Å²) in [7, 11) is 0. The topological polar surface area (TPSA) is 359 Å². The monoisotopic (exact) mass is 1010 g/mol. The van der Waals surface area contributed by atoms with Crippen molar-refractivity contribution in [1.82, 2.24) is 16.0 Å². The molecule has 0 heterocycles. The first-order chi connectivity index (χ1) is 31.1. The molecule has 0 spiro atoms. The highest BCUT2D eigenvalue weighted by molar-refractivity contribution is 14.1. The normalized spacial score (nSPS) is 12.1. The molecular formula is C43H57IN12O9. The van der Waals surface area contributed by atoms with Gasteiger partial charge in [-0.15, -0.1) is 0 Å². The molecule has 0 aliphatic heterocycles. The lowest BCUT2D eigenvalue weighted by atomic mass is 9.81. The maximum absolute atomic E-state index is 15.2. The van der Waals surface area contributed by atoms with Crippen molar-refractivity contribution in [3.63, 3.8) is 0 Å². The lowest BCUT2D eigenvalue weighted by Crippen LogP contribution is -2.65. The average Bonchev–Trinajstić information content (AvgIpc) is 3.29. The summed E-state index contributed by atoms with van der Waals surface area (Å²) >= 11 is 1.42. The molecule has 3 rings (SSSR count). The summed E-state index contributed by atoms with van der Waals surface area (Å²) in [5.74, 6) is -4.05. The van der Waals surface area contributed by atoms with E-state index in [1.54, 1.807) is 91.0 Å². The Morgan fingerprint density at radius 1 is 0.462 bits per heavy atom. The average molecular weight is 1010 g/mol. The van der Waals surface area contributed by atoms with Gasteiger partial charge >= 0.3 is 18.3 Å². The molecular weight excluding hydrogens is 955 g/mol. The van der Waals surface area contributed by atoms with Crippen LogP contribution in [-0.2, 0) is 48.4 Å². The Balaban J connectivity index is 2.13. The van der Waals surface area contributed by atoms with Gasteiger partial charge in [0.2, 0.25) is 3.42 Å². The van der Waals surface area contributed by atoms with Crippen molar-refractivity contribution in [3.8, 4) is 0 Å². The molecule has 3 amide bonds. The second-order valence-corrected chi connectivity index (χ2v) is 16.0. The van der Waals surface area contributed by atoms with Crippen LogP contribution in [0.1, 0.15) is 55.2 Å². The number of amides is 3. The van der Waals surface area contributed by atoms with E-state index < -0.39 is 57.2 Å². The van der Waals surface area contributed by atoms with Crippen LogP contribution in [0.5, 0.6) is 0 Å². The number of nitrogens with one attached hydrogen (secondary N) is 3. The van der Waals surface area contributed by atoms with Crippen molar-refractivity contribution < 1.29 is 43.0 Å². The van der Waals surface area contributed by atoms with Crippen LogP contribution in [0, 0.1) is 0 Å². The highest BCUT2D eigenvalue weighted by atomic mass is 127. The minimum absolute atomic E-state index is 0.00650. The summed E-state index contributed by atoms with van der Waals surface area (Å²) < 4.78 is 13.5. The number of halogens is 1. The Hall–Kier alpha value is -6.98. The summed E-state index contributed by atoms with van der Waals surface area (Å²) in [6, 6.07) is 21.3. The molecule has 0 saturated heterocycles. The number of hydrogen-bond acceptors (Lipinski definition) is 12. The molecule has 0 fully saturated rings. The van der Waals surface area contributed by atoms with Crippen LogP contribution in [0.25, 0.3) is 0 Å². The first kappa shape index (κ1) is 52.4. The fourth-order valence-corrected chi connectivity index (χ4v) is 7.25. The standard InChI is InChI=1S/C43H57IN12O9/c44-43(34(57)31(19-10-22-51-37(45)46)54-40(60)63-25-28-13-4-1-5-14-28,35(58)32(20-11-23-52-38(47)48)55-41(61)64-26-29-15-6-2-7-16-29)36(59)33(21-12-24-53-39(49)50)56-42(62)65-27-30-17-8-3-9-18-30/h1-9,13-18,31-33H,10-12,19-27H2,(H,54,60)(H,55,61)(H,56,62)(H4,45,46,51)(H4,47,48,52)(H4,49,50,53)/t31-,32-,33-/m0/s1. The van der Waals surface area contributed by atoms with Crippen molar-refractivity contribution in [2.24, 2.45) is 49.4 Å². The second kappa shape index (κ2) is 27.9. The van der Waals surface area contributed by atoms with Crippen LogP contribution in [0.3, 0.4) is 0 Å². The van der Waals surface area contributed by atoms with Gasteiger partial charge in [-0.25, -0.2) is 14.4 Å². The Labute approximate surface area is 390 Å². The quantitative estimate of drug-likeness (QED) is 0.0100. The van der Waals surface area contributed by atoms with Gasteiger partial charge in [0, 0.05) is 19.6 Å². The second-order valence-electron chi connectivity index (χ2n) is 14.4. The Morgan fingerprint density at radius 2 is 0.708 bits per heavy atom. The molecule has 0 radical (unpaired) electrons. The SMILES string of the molecule is NC(N)=NCCC[C@H](NC(=O)OCc1ccccc1)C(=O)C(I)(C(=O)[C@H](CCCN=C(N)N)NC(=O)OCc1ccccc1)C(=O)[C@H](CCCN=C(N)N)NC(=O)OCc1ccccc1. The van der Waals surface area contributed by atoms with Gasteiger partial charge in [-0.05, 0) is 55.2 Å². The van der Waals surface area contributed by atoms with E-state index in [0.717, 1.165) is 0 Å². The predicted octanol–water partition coefficient (Wildman–Crippen LogP) is 1.91. The molecule has 15 N–H and O–H groups in total. The number of alkyl halides is 1. The summed E-state index contributed by atoms with van der Waals surface area (Å²) in [6.45, 7) is -0.577. The summed E-state index contributed by atoms with van der Waals surface area (Å²) in [4.78, 5) is 97.7. The maximum atomic E-state index is 15.2. The lowest BCUT2D eigenvalue weighted by Gasteiger charge is -2.34. The number of Topliss-reactive ketones (excluding diaryl/α,β-unsaturated/α-hetero) is 3. The number of ketones is 3. The van der Waals surface area contributed by atoms with E-state index in [9.17, 15) is 14.4 Å².